The molecule has 7 nitrogen and oxygen atoms in total. The molecule has 3 rings (SSSR count). The highest BCUT2D eigenvalue weighted by Gasteiger charge is 2.17. The summed E-state index contributed by atoms with van der Waals surface area (Å²) in [6, 6.07) is 6.83. The third kappa shape index (κ3) is 4.23. The van der Waals surface area contributed by atoms with Crippen molar-refractivity contribution in [3.8, 4) is 0 Å². The molecule has 0 spiro atoms. The van der Waals surface area contributed by atoms with E-state index < -0.39 is 0 Å². The minimum atomic E-state index is -0.347. The smallest absolute Gasteiger partial charge is 0.275 e. The minimum Gasteiger partial charge on any atom is -0.353 e. The molecule has 136 valence electrons. The number of Topliss-reactive ketones (excluding diaryl/α,β-unsaturated/α-hetero) is 1. The minimum absolute atomic E-state index is 0.0478. The first kappa shape index (κ1) is 18.0. The predicted octanol–water partition coefficient (Wildman–Crippen LogP) is 2.07. The van der Waals surface area contributed by atoms with Crippen LogP contribution in [0.1, 0.15) is 34.7 Å². The van der Waals surface area contributed by atoms with Crippen molar-refractivity contribution in [2.24, 2.45) is 0 Å². The summed E-state index contributed by atoms with van der Waals surface area (Å²) in [6.07, 6.45) is 3.13. The van der Waals surface area contributed by atoms with Gasteiger partial charge in [-0.1, -0.05) is 19.1 Å². The number of hydrogen-bond acceptors (Lipinski definition) is 6. The number of nitrogens with zero attached hydrogens (tertiary/aromatic N) is 4. The van der Waals surface area contributed by atoms with Crippen molar-refractivity contribution in [3.63, 3.8) is 0 Å². The number of carbonyl (C=O) groups is 2. The van der Waals surface area contributed by atoms with Crippen LogP contribution in [-0.4, -0.2) is 59.3 Å². The molecular formula is C19H23N5O2. The van der Waals surface area contributed by atoms with Crippen LogP contribution in [-0.2, 0) is 0 Å². The Bertz CT molecular complexity index is 783. The highest BCUT2D eigenvalue weighted by Crippen LogP contribution is 2.14. The summed E-state index contributed by atoms with van der Waals surface area (Å²) in [5.41, 5.74) is 1.36. The molecule has 0 bridgehead atoms. The van der Waals surface area contributed by atoms with Crippen LogP contribution in [0.25, 0.3) is 0 Å². The molecule has 2 aromatic rings. The molecular weight excluding hydrogens is 330 g/mol. The van der Waals surface area contributed by atoms with Gasteiger partial charge in [-0.3, -0.25) is 9.59 Å². The van der Waals surface area contributed by atoms with Gasteiger partial charge >= 0.3 is 0 Å². The number of carbonyl (C=O) groups excluding carboxylic acids is 2. The number of piperazine rings is 1. The van der Waals surface area contributed by atoms with E-state index in [1.807, 2.05) is 0 Å². The zero-order chi connectivity index (χ0) is 18.5. The molecule has 2 heterocycles. The van der Waals surface area contributed by atoms with Gasteiger partial charge in [0.05, 0.1) is 12.4 Å². The summed E-state index contributed by atoms with van der Waals surface area (Å²) in [5.74, 6) is 0.393. The molecule has 0 radical (unpaired) electrons. The van der Waals surface area contributed by atoms with Gasteiger partial charge in [0, 0.05) is 37.4 Å². The molecule has 1 amide bonds. The highest BCUT2D eigenvalue weighted by molar-refractivity contribution is 6.03. The number of nitrogens with one attached hydrogen (secondary N) is 1. The second-order valence-corrected chi connectivity index (χ2v) is 6.27. The fourth-order valence-corrected chi connectivity index (χ4v) is 2.91. The van der Waals surface area contributed by atoms with Crippen LogP contribution in [0.5, 0.6) is 0 Å². The molecule has 7 heteroatoms. The molecule has 1 fully saturated rings. The highest BCUT2D eigenvalue weighted by atomic mass is 16.2. The maximum Gasteiger partial charge on any atom is 0.275 e. The van der Waals surface area contributed by atoms with E-state index in [2.05, 4.69) is 32.0 Å². The van der Waals surface area contributed by atoms with Gasteiger partial charge in [0.1, 0.15) is 11.5 Å². The van der Waals surface area contributed by atoms with Gasteiger partial charge in [0.25, 0.3) is 5.91 Å². The maximum atomic E-state index is 12.3. The summed E-state index contributed by atoms with van der Waals surface area (Å²) >= 11 is 0. The number of anilines is 2. The first-order chi connectivity index (χ1) is 12.6. The Morgan fingerprint density at radius 1 is 1.12 bits per heavy atom. The van der Waals surface area contributed by atoms with Crippen molar-refractivity contribution in [2.45, 2.75) is 13.8 Å². The molecule has 0 atom stereocenters. The Balaban J connectivity index is 1.64. The maximum absolute atomic E-state index is 12.3. The first-order valence-electron chi connectivity index (χ1n) is 8.78. The van der Waals surface area contributed by atoms with E-state index in [1.165, 1.54) is 13.1 Å². The van der Waals surface area contributed by atoms with Crippen molar-refractivity contribution in [1.82, 2.24) is 14.9 Å². The molecule has 0 saturated carbocycles. The van der Waals surface area contributed by atoms with Crippen LogP contribution < -0.4 is 10.2 Å². The number of aromatic nitrogens is 2. The summed E-state index contributed by atoms with van der Waals surface area (Å²) in [4.78, 5) is 37.0. The summed E-state index contributed by atoms with van der Waals surface area (Å²) < 4.78 is 0. The average Bonchev–Trinajstić information content (AvgIpc) is 2.68. The monoisotopic (exact) mass is 353 g/mol. The van der Waals surface area contributed by atoms with Gasteiger partial charge in [0.15, 0.2) is 5.78 Å². The van der Waals surface area contributed by atoms with Gasteiger partial charge in [-0.15, -0.1) is 0 Å². The molecule has 1 saturated heterocycles. The first-order valence-corrected chi connectivity index (χ1v) is 8.78. The van der Waals surface area contributed by atoms with E-state index in [9.17, 15) is 9.59 Å². The number of likely N-dealkylation sites (N-methyl/N-ethyl adjacent to an activating group) is 1. The number of amides is 1. The number of benzene rings is 1. The quantitative estimate of drug-likeness (QED) is 0.829. The Kier molecular flexibility index (Phi) is 5.58. The van der Waals surface area contributed by atoms with Crippen LogP contribution in [0.2, 0.25) is 0 Å². The molecule has 26 heavy (non-hydrogen) atoms. The number of ketones is 1. The van der Waals surface area contributed by atoms with E-state index >= 15 is 0 Å². The molecule has 1 aromatic heterocycles. The lowest BCUT2D eigenvalue weighted by Crippen LogP contribution is -2.46. The van der Waals surface area contributed by atoms with Crippen molar-refractivity contribution < 1.29 is 9.59 Å². The van der Waals surface area contributed by atoms with Gasteiger partial charge < -0.3 is 15.1 Å². The third-order valence-corrected chi connectivity index (χ3v) is 4.54. The van der Waals surface area contributed by atoms with Gasteiger partial charge in [-0.2, -0.15) is 0 Å². The summed E-state index contributed by atoms with van der Waals surface area (Å²) in [5, 5.41) is 2.75. The van der Waals surface area contributed by atoms with Crippen molar-refractivity contribution in [3.05, 3.63) is 47.9 Å². The SMILES string of the molecule is CCN1CCN(c2cnc(C(=O)Nc3cccc(C(C)=O)c3)cn2)CC1. The van der Waals surface area contributed by atoms with E-state index in [0.717, 1.165) is 38.5 Å². The van der Waals surface area contributed by atoms with E-state index in [-0.39, 0.29) is 17.4 Å². The zero-order valence-corrected chi connectivity index (χ0v) is 15.1. The number of hydrogen-bond donors (Lipinski definition) is 1. The molecule has 0 aliphatic carbocycles. The Hall–Kier alpha value is -2.80. The second kappa shape index (κ2) is 8.05. The lowest BCUT2D eigenvalue weighted by Gasteiger charge is -2.34. The zero-order valence-electron chi connectivity index (χ0n) is 15.1. The lowest BCUT2D eigenvalue weighted by molar-refractivity contribution is 0.100. The summed E-state index contributed by atoms with van der Waals surface area (Å²) in [6.45, 7) is 8.54. The standard InChI is InChI=1S/C19H23N5O2/c1-3-23-7-9-24(10-8-23)18-13-20-17(12-21-18)19(26)22-16-6-4-5-15(11-16)14(2)25/h4-6,11-13H,3,7-10H2,1-2H3,(H,22,26). The van der Waals surface area contributed by atoms with E-state index in [4.69, 9.17) is 0 Å². The topological polar surface area (TPSA) is 78.4 Å². The second-order valence-electron chi connectivity index (χ2n) is 6.27. The normalized spacial score (nSPS) is 14.9. The Morgan fingerprint density at radius 2 is 1.88 bits per heavy atom. The molecule has 1 aliphatic heterocycles. The fraction of sp³-hybridized carbons (Fsp3) is 0.368. The van der Waals surface area contributed by atoms with Crippen LogP contribution in [0, 0.1) is 0 Å². The average molecular weight is 353 g/mol. The van der Waals surface area contributed by atoms with Crippen LogP contribution in [0.3, 0.4) is 0 Å². The molecule has 1 N–H and O–H groups in total. The van der Waals surface area contributed by atoms with Crippen molar-refractivity contribution >= 4 is 23.2 Å². The Labute approximate surface area is 153 Å². The van der Waals surface area contributed by atoms with Gasteiger partial charge in [0.2, 0.25) is 0 Å². The van der Waals surface area contributed by atoms with Crippen LogP contribution in [0.15, 0.2) is 36.7 Å². The van der Waals surface area contributed by atoms with Gasteiger partial charge in [-0.25, -0.2) is 9.97 Å². The number of rotatable bonds is 5. The molecule has 1 aliphatic rings. The van der Waals surface area contributed by atoms with E-state index in [0.29, 0.717) is 11.3 Å². The van der Waals surface area contributed by atoms with Crippen LogP contribution in [0.4, 0.5) is 11.5 Å². The summed E-state index contributed by atoms with van der Waals surface area (Å²) in [7, 11) is 0. The molecule has 1 aromatic carbocycles. The van der Waals surface area contributed by atoms with Crippen LogP contribution >= 0.6 is 0 Å². The Morgan fingerprint density at radius 3 is 2.50 bits per heavy atom. The van der Waals surface area contributed by atoms with Crippen molar-refractivity contribution in [1.29, 1.82) is 0 Å². The van der Waals surface area contributed by atoms with Gasteiger partial charge in [-0.05, 0) is 25.6 Å². The van der Waals surface area contributed by atoms with E-state index in [1.54, 1.807) is 30.5 Å². The third-order valence-electron chi connectivity index (χ3n) is 4.54. The predicted molar refractivity (Wildman–Crippen MR) is 101 cm³/mol. The fourth-order valence-electron chi connectivity index (χ4n) is 2.91. The lowest BCUT2D eigenvalue weighted by atomic mass is 10.1. The van der Waals surface area contributed by atoms with Crippen molar-refractivity contribution in [2.75, 3.05) is 42.9 Å². The largest absolute Gasteiger partial charge is 0.353 e. The molecule has 0 unspecified atom stereocenters.